The Bertz CT molecular complexity index is 1220. The van der Waals surface area contributed by atoms with Crippen LogP contribution in [0.5, 0.6) is 17.2 Å². The normalized spacial score (nSPS) is 10.7. The van der Waals surface area contributed by atoms with E-state index in [2.05, 4.69) is 10.3 Å². The van der Waals surface area contributed by atoms with E-state index in [4.69, 9.17) is 14.2 Å². The number of carbonyl (C=O) groups is 1. The first kappa shape index (κ1) is 20.3. The average molecular weight is 417 g/mol. The number of nitrogens with one attached hydrogen (secondary N) is 1. The van der Waals surface area contributed by atoms with Crippen LogP contribution in [0, 0.1) is 6.92 Å². The minimum Gasteiger partial charge on any atom is -0.493 e. The summed E-state index contributed by atoms with van der Waals surface area (Å²) in [4.78, 5) is 17.2. The third-order valence-electron chi connectivity index (χ3n) is 4.87. The quantitative estimate of drug-likeness (QED) is 0.480. The molecule has 2 heterocycles. The van der Waals surface area contributed by atoms with Crippen molar-refractivity contribution in [3.8, 4) is 17.2 Å². The number of aryl methyl sites for hydroxylation is 1. The third kappa shape index (κ3) is 4.45. The summed E-state index contributed by atoms with van der Waals surface area (Å²) in [5.74, 6) is 1.58. The molecule has 0 fully saturated rings. The SMILES string of the molecule is COc1ccc(NC(=O)c2ccc(OCc3cn4cccc(C)c4n3)cc2)cc1OC. The van der Waals surface area contributed by atoms with Crippen LogP contribution in [0.15, 0.2) is 67.0 Å². The van der Waals surface area contributed by atoms with Crippen LogP contribution in [-0.4, -0.2) is 29.5 Å². The van der Waals surface area contributed by atoms with Crippen LogP contribution in [0.3, 0.4) is 0 Å². The molecular weight excluding hydrogens is 394 g/mol. The predicted molar refractivity (Wildman–Crippen MR) is 118 cm³/mol. The van der Waals surface area contributed by atoms with Crippen molar-refractivity contribution in [2.75, 3.05) is 19.5 Å². The second-order valence-corrected chi connectivity index (χ2v) is 6.99. The molecule has 0 unspecified atom stereocenters. The number of anilines is 1. The van der Waals surface area contributed by atoms with Gasteiger partial charge in [-0.05, 0) is 55.0 Å². The lowest BCUT2D eigenvalue weighted by Gasteiger charge is -2.11. The number of hydrogen-bond donors (Lipinski definition) is 1. The number of fused-ring (bicyclic) bond motifs is 1. The lowest BCUT2D eigenvalue weighted by Crippen LogP contribution is -2.12. The molecule has 4 rings (SSSR count). The van der Waals surface area contributed by atoms with E-state index < -0.39 is 0 Å². The van der Waals surface area contributed by atoms with Crippen LogP contribution in [0.2, 0.25) is 0 Å². The lowest BCUT2D eigenvalue weighted by atomic mass is 10.2. The molecule has 0 aliphatic rings. The summed E-state index contributed by atoms with van der Waals surface area (Å²) < 4.78 is 18.3. The number of ether oxygens (including phenoxy) is 3. The van der Waals surface area contributed by atoms with E-state index in [-0.39, 0.29) is 5.91 Å². The molecule has 0 saturated heterocycles. The van der Waals surface area contributed by atoms with Gasteiger partial charge in [-0.15, -0.1) is 0 Å². The van der Waals surface area contributed by atoms with E-state index in [0.29, 0.717) is 35.1 Å². The maximum atomic E-state index is 12.6. The molecule has 4 aromatic rings. The van der Waals surface area contributed by atoms with Crippen LogP contribution in [-0.2, 0) is 6.61 Å². The summed E-state index contributed by atoms with van der Waals surface area (Å²) >= 11 is 0. The Labute approximate surface area is 180 Å². The van der Waals surface area contributed by atoms with Crippen molar-refractivity contribution >= 4 is 17.2 Å². The van der Waals surface area contributed by atoms with Crippen LogP contribution in [0.4, 0.5) is 5.69 Å². The van der Waals surface area contributed by atoms with Gasteiger partial charge in [0.1, 0.15) is 18.0 Å². The summed E-state index contributed by atoms with van der Waals surface area (Å²) in [7, 11) is 3.12. The zero-order valence-corrected chi connectivity index (χ0v) is 17.6. The van der Waals surface area contributed by atoms with Crippen molar-refractivity contribution in [2.24, 2.45) is 0 Å². The zero-order chi connectivity index (χ0) is 21.8. The van der Waals surface area contributed by atoms with Crippen LogP contribution >= 0.6 is 0 Å². The summed E-state index contributed by atoms with van der Waals surface area (Å²) in [6.07, 6.45) is 3.91. The maximum absolute atomic E-state index is 12.6. The van der Waals surface area contributed by atoms with Gasteiger partial charge in [0.15, 0.2) is 11.5 Å². The largest absolute Gasteiger partial charge is 0.493 e. The Morgan fingerprint density at radius 2 is 1.81 bits per heavy atom. The van der Waals surface area contributed by atoms with Crippen LogP contribution in [0.25, 0.3) is 5.65 Å². The highest BCUT2D eigenvalue weighted by Crippen LogP contribution is 2.30. The number of methoxy groups -OCH3 is 2. The Balaban J connectivity index is 1.39. The molecule has 31 heavy (non-hydrogen) atoms. The van der Waals surface area contributed by atoms with Crippen LogP contribution < -0.4 is 19.5 Å². The van der Waals surface area contributed by atoms with Crippen molar-refractivity contribution < 1.29 is 19.0 Å². The molecule has 0 spiro atoms. The number of pyridine rings is 1. The molecule has 0 atom stereocenters. The molecular formula is C24H23N3O4. The number of benzene rings is 2. The first-order valence-corrected chi connectivity index (χ1v) is 9.77. The van der Waals surface area contributed by atoms with E-state index in [0.717, 1.165) is 16.9 Å². The van der Waals surface area contributed by atoms with Gasteiger partial charge >= 0.3 is 0 Å². The van der Waals surface area contributed by atoms with Crippen molar-refractivity contribution in [1.82, 2.24) is 9.38 Å². The molecule has 1 amide bonds. The highest BCUT2D eigenvalue weighted by molar-refractivity contribution is 6.04. The number of aromatic nitrogens is 2. The number of rotatable bonds is 7. The van der Waals surface area contributed by atoms with E-state index in [9.17, 15) is 4.79 Å². The van der Waals surface area contributed by atoms with Gasteiger partial charge in [0.25, 0.3) is 5.91 Å². The van der Waals surface area contributed by atoms with Crippen molar-refractivity contribution in [3.05, 3.63) is 83.8 Å². The number of imidazole rings is 1. The smallest absolute Gasteiger partial charge is 0.255 e. The van der Waals surface area contributed by atoms with Gasteiger partial charge < -0.3 is 23.9 Å². The van der Waals surface area contributed by atoms with Gasteiger partial charge in [0, 0.05) is 29.7 Å². The van der Waals surface area contributed by atoms with Gasteiger partial charge in [-0.25, -0.2) is 4.98 Å². The number of nitrogens with zero attached hydrogens (tertiary/aromatic N) is 2. The Morgan fingerprint density at radius 1 is 1.03 bits per heavy atom. The average Bonchev–Trinajstić information content (AvgIpc) is 3.22. The third-order valence-corrected chi connectivity index (χ3v) is 4.87. The molecule has 2 aromatic carbocycles. The summed E-state index contributed by atoms with van der Waals surface area (Å²) in [5, 5.41) is 2.85. The van der Waals surface area contributed by atoms with Crippen molar-refractivity contribution in [3.63, 3.8) is 0 Å². The molecule has 1 N–H and O–H groups in total. The second-order valence-electron chi connectivity index (χ2n) is 6.99. The second kappa shape index (κ2) is 8.79. The fraction of sp³-hybridized carbons (Fsp3) is 0.167. The fourth-order valence-electron chi connectivity index (χ4n) is 3.25. The number of amides is 1. The Kier molecular flexibility index (Phi) is 5.75. The topological polar surface area (TPSA) is 74.1 Å². The first-order valence-electron chi connectivity index (χ1n) is 9.77. The first-order chi connectivity index (χ1) is 15.1. The van der Waals surface area contributed by atoms with Gasteiger partial charge in [0.2, 0.25) is 0 Å². The minimum atomic E-state index is -0.227. The van der Waals surface area contributed by atoms with Crippen molar-refractivity contribution in [1.29, 1.82) is 0 Å². The van der Waals surface area contributed by atoms with Crippen LogP contribution in [0.1, 0.15) is 21.6 Å². The van der Waals surface area contributed by atoms with Gasteiger partial charge in [-0.1, -0.05) is 6.07 Å². The maximum Gasteiger partial charge on any atom is 0.255 e. The Morgan fingerprint density at radius 3 is 2.52 bits per heavy atom. The lowest BCUT2D eigenvalue weighted by molar-refractivity contribution is 0.102. The molecule has 2 aromatic heterocycles. The van der Waals surface area contributed by atoms with Crippen molar-refractivity contribution in [2.45, 2.75) is 13.5 Å². The predicted octanol–water partition coefficient (Wildman–Crippen LogP) is 4.49. The number of carbonyl (C=O) groups excluding carboxylic acids is 1. The molecule has 0 saturated carbocycles. The van der Waals surface area contributed by atoms with Gasteiger partial charge in [-0.2, -0.15) is 0 Å². The van der Waals surface area contributed by atoms with E-state index in [1.807, 2.05) is 35.9 Å². The Hall–Kier alpha value is -4.00. The monoisotopic (exact) mass is 417 g/mol. The molecule has 0 aliphatic heterocycles. The highest BCUT2D eigenvalue weighted by atomic mass is 16.5. The summed E-state index contributed by atoms with van der Waals surface area (Å²) in [6.45, 7) is 2.37. The summed E-state index contributed by atoms with van der Waals surface area (Å²) in [5.41, 5.74) is 4.00. The molecule has 0 radical (unpaired) electrons. The van der Waals surface area contributed by atoms with E-state index in [1.54, 1.807) is 56.7 Å². The highest BCUT2D eigenvalue weighted by Gasteiger charge is 2.10. The number of hydrogen-bond acceptors (Lipinski definition) is 5. The molecule has 7 heteroatoms. The standard InChI is InChI=1S/C24H23N3O4/c1-16-5-4-12-27-14-19(25-23(16)27)15-31-20-9-6-17(7-10-20)24(28)26-18-8-11-21(29-2)22(13-18)30-3/h4-14H,15H2,1-3H3,(H,26,28). The fourth-order valence-corrected chi connectivity index (χ4v) is 3.25. The zero-order valence-electron chi connectivity index (χ0n) is 17.6. The molecule has 0 bridgehead atoms. The molecule has 158 valence electrons. The van der Waals surface area contributed by atoms with Gasteiger partial charge in [0.05, 0.1) is 19.9 Å². The minimum absolute atomic E-state index is 0.227. The van der Waals surface area contributed by atoms with E-state index in [1.165, 1.54) is 0 Å². The van der Waals surface area contributed by atoms with E-state index >= 15 is 0 Å². The van der Waals surface area contributed by atoms with Gasteiger partial charge in [-0.3, -0.25) is 4.79 Å². The molecule has 7 nitrogen and oxygen atoms in total. The summed E-state index contributed by atoms with van der Waals surface area (Å²) in [6, 6.07) is 16.2. The molecule has 0 aliphatic carbocycles.